The predicted molar refractivity (Wildman–Crippen MR) is 73.1 cm³/mol. The van der Waals surface area contributed by atoms with Crippen LogP contribution in [0.4, 0.5) is 4.79 Å². The molecule has 1 aliphatic rings. The van der Waals surface area contributed by atoms with E-state index >= 15 is 0 Å². The Balaban J connectivity index is 2.70. The van der Waals surface area contributed by atoms with Crippen molar-refractivity contribution in [2.24, 2.45) is 5.73 Å². The number of primary amides is 1. The van der Waals surface area contributed by atoms with Crippen LogP contribution in [0.5, 0.6) is 0 Å². The first-order chi connectivity index (χ1) is 9.41. The highest BCUT2D eigenvalue weighted by molar-refractivity contribution is 5.86. The molecule has 7 nitrogen and oxygen atoms in total. The molecule has 0 unspecified atom stereocenters. The number of amides is 3. The topological polar surface area (TPSA) is 104 Å². The van der Waals surface area contributed by atoms with Crippen molar-refractivity contribution < 1.29 is 19.5 Å². The van der Waals surface area contributed by atoms with Gasteiger partial charge in [0.15, 0.2) is 0 Å². The van der Waals surface area contributed by atoms with E-state index in [1.807, 2.05) is 0 Å². The largest absolute Gasteiger partial charge is 0.480 e. The second kappa shape index (κ2) is 7.72. The van der Waals surface area contributed by atoms with Crippen molar-refractivity contribution >= 4 is 17.9 Å². The van der Waals surface area contributed by atoms with Crippen LogP contribution in [-0.4, -0.2) is 59.0 Å². The summed E-state index contributed by atoms with van der Waals surface area (Å²) in [5.74, 6) is -1.87. The number of carboxylic acids is 1. The van der Waals surface area contributed by atoms with Gasteiger partial charge in [-0.3, -0.25) is 9.59 Å². The van der Waals surface area contributed by atoms with Crippen LogP contribution in [-0.2, 0) is 9.59 Å². The molecule has 0 spiro atoms. The van der Waals surface area contributed by atoms with Gasteiger partial charge in [-0.25, -0.2) is 4.79 Å². The molecular formula is C13H23N3O4. The van der Waals surface area contributed by atoms with Gasteiger partial charge >= 0.3 is 12.0 Å². The number of urea groups is 1. The van der Waals surface area contributed by atoms with Crippen molar-refractivity contribution in [1.82, 2.24) is 9.80 Å². The van der Waals surface area contributed by atoms with Crippen molar-refractivity contribution in [3.63, 3.8) is 0 Å². The number of carboxylic acid groups (broad SMARTS) is 1. The van der Waals surface area contributed by atoms with Crippen molar-refractivity contribution in [2.45, 2.75) is 44.6 Å². The first-order valence-corrected chi connectivity index (χ1v) is 6.93. The maximum atomic E-state index is 12.3. The van der Waals surface area contributed by atoms with E-state index in [1.54, 1.807) is 11.9 Å². The summed E-state index contributed by atoms with van der Waals surface area (Å²) >= 11 is 0. The summed E-state index contributed by atoms with van der Waals surface area (Å²) in [6, 6.07) is -0.340. The molecule has 3 amide bonds. The molecule has 1 saturated carbocycles. The van der Waals surface area contributed by atoms with E-state index < -0.39 is 24.5 Å². The van der Waals surface area contributed by atoms with E-state index in [1.165, 1.54) is 12.8 Å². The van der Waals surface area contributed by atoms with Crippen LogP contribution < -0.4 is 5.73 Å². The Morgan fingerprint density at radius 3 is 2.10 bits per heavy atom. The molecule has 0 bridgehead atoms. The van der Waals surface area contributed by atoms with Crippen LogP contribution in [0.2, 0.25) is 0 Å². The Morgan fingerprint density at radius 2 is 1.65 bits per heavy atom. The summed E-state index contributed by atoms with van der Waals surface area (Å²) in [6.45, 7) is -0.888. The van der Waals surface area contributed by atoms with Gasteiger partial charge in [-0.05, 0) is 12.8 Å². The van der Waals surface area contributed by atoms with Crippen molar-refractivity contribution in [2.75, 3.05) is 20.1 Å². The van der Waals surface area contributed by atoms with Crippen LogP contribution in [0, 0.1) is 0 Å². The number of hydrogen-bond acceptors (Lipinski definition) is 3. The van der Waals surface area contributed by atoms with E-state index in [0.29, 0.717) is 0 Å². The van der Waals surface area contributed by atoms with Gasteiger partial charge in [-0.1, -0.05) is 25.7 Å². The fourth-order valence-electron chi connectivity index (χ4n) is 2.57. The summed E-state index contributed by atoms with van der Waals surface area (Å²) in [5, 5.41) is 8.82. The molecule has 1 fully saturated rings. The number of carbonyl (C=O) groups is 3. The average Bonchev–Trinajstić information content (AvgIpc) is 2.63. The summed E-state index contributed by atoms with van der Waals surface area (Å²) in [6.07, 6.45) is 6.30. The molecule has 7 heteroatoms. The van der Waals surface area contributed by atoms with E-state index in [0.717, 1.165) is 30.6 Å². The maximum absolute atomic E-state index is 12.3. The Labute approximate surface area is 118 Å². The quantitative estimate of drug-likeness (QED) is 0.723. The normalized spacial score (nSPS) is 16.2. The molecule has 20 heavy (non-hydrogen) atoms. The third-order valence-electron chi connectivity index (χ3n) is 3.62. The maximum Gasteiger partial charge on any atom is 0.323 e. The van der Waals surface area contributed by atoms with Gasteiger partial charge in [0.05, 0.1) is 0 Å². The second-order valence-corrected chi connectivity index (χ2v) is 5.25. The van der Waals surface area contributed by atoms with Gasteiger partial charge < -0.3 is 20.6 Å². The van der Waals surface area contributed by atoms with Crippen molar-refractivity contribution in [3.05, 3.63) is 0 Å². The van der Waals surface area contributed by atoms with E-state index in [2.05, 4.69) is 0 Å². The van der Waals surface area contributed by atoms with Crippen LogP contribution in [0.3, 0.4) is 0 Å². The summed E-state index contributed by atoms with van der Waals surface area (Å²) < 4.78 is 0. The number of aliphatic carboxylic acids is 1. The molecule has 0 aliphatic heterocycles. The molecule has 114 valence electrons. The zero-order valence-electron chi connectivity index (χ0n) is 11.9. The standard InChI is InChI=1S/C13H23N3O4/c1-15(10-6-4-2-3-5-7-10)13(20)16(8-11(14)17)9-12(18)19/h10H,2-9H2,1H3,(H2,14,17)(H,18,19). The SMILES string of the molecule is CN(C(=O)N(CC(N)=O)CC(=O)O)C1CCCCCC1. The Morgan fingerprint density at radius 1 is 1.10 bits per heavy atom. The predicted octanol–water partition coefficient (Wildman–Crippen LogP) is 0.633. The fraction of sp³-hybridized carbons (Fsp3) is 0.769. The number of nitrogens with two attached hydrogens (primary N) is 1. The van der Waals surface area contributed by atoms with Gasteiger partial charge in [-0.15, -0.1) is 0 Å². The monoisotopic (exact) mass is 285 g/mol. The molecular weight excluding hydrogens is 262 g/mol. The number of rotatable bonds is 5. The molecule has 0 heterocycles. The highest BCUT2D eigenvalue weighted by Crippen LogP contribution is 2.21. The lowest BCUT2D eigenvalue weighted by Gasteiger charge is -2.32. The minimum absolute atomic E-state index is 0.106. The van der Waals surface area contributed by atoms with Gasteiger partial charge in [0, 0.05) is 13.1 Å². The summed E-state index contributed by atoms with van der Waals surface area (Å²) in [4.78, 5) is 36.6. The third kappa shape index (κ3) is 5.07. The van der Waals surface area contributed by atoms with Gasteiger partial charge in [0.25, 0.3) is 0 Å². The highest BCUT2D eigenvalue weighted by Gasteiger charge is 2.27. The van der Waals surface area contributed by atoms with Crippen molar-refractivity contribution in [3.8, 4) is 0 Å². The first-order valence-electron chi connectivity index (χ1n) is 6.93. The van der Waals surface area contributed by atoms with Gasteiger partial charge in [0.1, 0.15) is 13.1 Å². The smallest absolute Gasteiger partial charge is 0.323 e. The first kappa shape index (κ1) is 16.3. The Hall–Kier alpha value is -1.79. The van der Waals surface area contributed by atoms with Crippen LogP contribution in [0.1, 0.15) is 38.5 Å². The summed E-state index contributed by atoms with van der Waals surface area (Å²) in [7, 11) is 1.66. The van der Waals surface area contributed by atoms with Gasteiger partial charge in [0.2, 0.25) is 5.91 Å². The van der Waals surface area contributed by atoms with Crippen molar-refractivity contribution in [1.29, 1.82) is 0 Å². The lowest BCUT2D eigenvalue weighted by atomic mass is 10.1. The van der Waals surface area contributed by atoms with Gasteiger partial charge in [-0.2, -0.15) is 0 Å². The minimum Gasteiger partial charge on any atom is -0.480 e. The lowest BCUT2D eigenvalue weighted by Crippen LogP contribution is -2.50. The molecule has 0 atom stereocenters. The molecule has 3 N–H and O–H groups in total. The van der Waals surface area contributed by atoms with E-state index in [-0.39, 0.29) is 12.6 Å². The molecule has 0 aromatic carbocycles. The van der Waals surface area contributed by atoms with E-state index in [4.69, 9.17) is 10.8 Å². The highest BCUT2D eigenvalue weighted by atomic mass is 16.4. The molecule has 0 aromatic rings. The Bertz CT molecular complexity index is 349. The fourth-order valence-corrected chi connectivity index (χ4v) is 2.57. The number of hydrogen-bond donors (Lipinski definition) is 2. The Kier molecular flexibility index (Phi) is 6.27. The van der Waals surface area contributed by atoms with Crippen LogP contribution in [0.15, 0.2) is 0 Å². The van der Waals surface area contributed by atoms with Crippen LogP contribution >= 0.6 is 0 Å². The summed E-state index contributed by atoms with van der Waals surface area (Å²) in [5.41, 5.74) is 5.07. The number of nitrogens with zero attached hydrogens (tertiary/aromatic N) is 2. The zero-order valence-corrected chi connectivity index (χ0v) is 11.9. The average molecular weight is 285 g/mol. The molecule has 1 rings (SSSR count). The van der Waals surface area contributed by atoms with E-state index in [9.17, 15) is 14.4 Å². The minimum atomic E-state index is -1.16. The molecule has 0 aromatic heterocycles. The number of carbonyl (C=O) groups excluding carboxylic acids is 2. The van der Waals surface area contributed by atoms with Crippen LogP contribution in [0.25, 0.3) is 0 Å². The molecule has 0 radical (unpaired) electrons. The molecule has 1 aliphatic carbocycles. The lowest BCUT2D eigenvalue weighted by molar-refractivity contribution is -0.138. The molecule has 0 saturated heterocycles. The second-order valence-electron chi connectivity index (χ2n) is 5.25. The third-order valence-corrected chi connectivity index (χ3v) is 3.62. The zero-order chi connectivity index (χ0) is 15.1.